The van der Waals surface area contributed by atoms with Crippen molar-refractivity contribution in [1.82, 2.24) is 5.32 Å². The van der Waals surface area contributed by atoms with Gasteiger partial charge >= 0.3 is 0 Å². The van der Waals surface area contributed by atoms with Gasteiger partial charge in [0.2, 0.25) is 0 Å². The van der Waals surface area contributed by atoms with Gasteiger partial charge in [-0.2, -0.15) is 11.8 Å². The second-order valence-electron chi connectivity index (χ2n) is 3.97. The van der Waals surface area contributed by atoms with E-state index in [1.165, 1.54) is 12.1 Å². The van der Waals surface area contributed by atoms with E-state index in [2.05, 4.69) is 5.32 Å². The Balaban J connectivity index is 2.49. The molecule has 1 aliphatic heterocycles. The SMILES string of the molecule is CCNC1c2c(F)ccc(F)c2CSC1C. The molecule has 2 rings (SSSR count). The van der Waals surface area contributed by atoms with Crippen LogP contribution < -0.4 is 5.32 Å². The van der Waals surface area contributed by atoms with Crippen LogP contribution in [0.15, 0.2) is 12.1 Å². The highest BCUT2D eigenvalue weighted by atomic mass is 32.2. The Morgan fingerprint density at radius 1 is 1.38 bits per heavy atom. The average molecular weight is 243 g/mol. The Kier molecular flexibility index (Phi) is 3.50. The van der Waals surface area contributed by atoms with Crippen LogP contribution in [0.2, 0.25) is 0 Å². The minimum atomic E-state index is -0.297. The first-order valence-corrected chi connectivity index (χ1v) is 6.51. The number of fused-ring (bicyclic) bond motifs is 1. The Morgan fingerprint density at radius 3 is 2.75 bits per heavy atom. The molecule has 0 radical (unpaired) electrons. The standard InChI is InChI=1S/C12H15F2NS/c1-3-15-12-7(2)16-6-8-9(13)4-5-10(14)11(8)12/h4-5,7,12,15H,3,6H2,1-2H3. The zero-order valence-electron chi connectivity index (χ0n) is 9.39. The molecule has 0 amide bonds. The van der Waals surface area contributed by atoms with Crippen molar-refractivity contribution in [3.05, 3.63) is 34.9 Å². The number of halogens is 2. The van der Waals surface area contributed by atoms with Gasteiger partial charge in [0, 0.05) is 28.2 Å². The molecular weight excluding hydrogens is 228 g/mol. The van der Waals surface area contributed by atoms with Gasteiger partial charge in [-0.25, -0.2) is 8.78 Å². The van der Waals surface area contributed by atoms with Gasteiger partial charge in [0.25, 0.3) is 0 Å². The van der Waals surface area contributed by atoms with E-state index in [1.54, 1.807) is 11.8 Å². The fraction of sp³-hybridized carbons (Fsp3) is 0.500. The summed E-state index contributed by atoms with van der Waals surface area (Å²) in [5.41, 5.74) is 1.04. The lowest BCUT2D eigenvalue weighted by Gasteiger charge is -2.32. The van der Waals surface area contributed by atoms with E-state index >= 15 is 0 Å². The first-order valence-electron chi connectivity index (χ1n) is 5.47. The van der Waals surface area contributed by atoms with Crippen LogP contribution in [0.5, 0.6) is 0 Å². The molecule has 1 N–H and O–H groups in total. The first-order chi connectivity index (χ1) is 7.65. The van der Waals surface area contributed by atoms with Crippen molar-refractivity contribution in [1.29, 1.82) is 0 Å². The van der Waals surface area contributed by atoms with E-state index in [0.717, 1.165) is 6.54 Å². The van der Waals surface area contributed by atoms with Crippen LogP contribution in [-0.2, 0) is 5.75 Å². The molecule has 1 aromatic rings. The number of nitrogens with one attached hydrogen (secondary N) is 1. The van der Waals surface area contributed by atoms with Crippen molar-refractivity contribution < 1.29 is 8.78 Å². The fourth-order valence-electron chi connectivity index (χ4n) is 2.13. The zero-order valence-corrected chi connectivity index (χ0v) is 10.2. The lowest BCUT2D eigenvalue weighted by Crippen LogP contribution is -2.33. The molecule has 2 unspecified atom stereocenters. The zero-order chi connectivity index (χ0) is 11.7. The van der Waals surface area contributed by atoms with Crippen LogP contribution in [0, 0.1) is 11.6 Å². The molecule has 0 aromatic heterocycles. The second kappa shape index (κ2) is 4.72. The minimum Gasteiger partial charge on any atom is -0.309 e. The second-order valence-corrected chi connectivity index (χ2v) is 5.34. The van der Waals surface area contributed by atoms with Crippen LogP contribution in [-0.4, -0.2) is 11.8 Å². The highest BCUT2D eigenvalue weighted by Gasteiger charge is 2.30. The monoisotopic (exact) mass is 243 g/mol. The van der Waals surface area contributed by atoms with Gasteiger partial charge in [0.1, 0.15) is 11.6 Å². The molecule has 0 spiro atoms. The Morgan fingerprint density at radius 2 is 2.06 bits per heavy atom. The van der Waals surface area contributed by atoms with E-state index in [1.807, 2.05) is 13.8 Å². The maximum atomic E-state index is 13.8. The Bertz CT molecular complexity index is 395. The lowest BCUT2D eigenvalue weighted by molar-refractivity contribution is 0.489. The Labute approximate surface area is 98.6 Å². The molecule has 1 heterocycles. The van der Waals surface area contributed by atoms with Crippen molar-refractivity contribution in [2.45, 2.75) is 30.9 Å². The average Bonchev–Trinajstić information content (AvgIpc) is 2.27. The molecule has 0 saturated carbocycles. The quantitative estimate of drug-likeness (QED) is 0.855. The van der Waals surface area contributed by atoms with Crippen LogP contribution in [0.1, 0.15) is 31.0 Å². The normalized spacial score (nSPS) is 24.2. The highest BCUT2D eigenvalue weighted by Crippen LogP contribution is 2.39. The predicted molar refractivity (Wildman–Crippen MR) is 63.5 cm³/mol. The summed E-state index contributed by atoms with van der Waals surface area (Å²) in [6.45, 7) is 4.78. The number of hydrogen-bond acceptors (Lipinski definition) is 2. The molecule has 2 atom stereocenters. The summed E-state index contributed by atoms with van der Waals surface area (Å²) in [5, 5.41) is 3.50. The molecule has 4 heteroatoms. The van der Waals surface area contributed by atoms with E-state index < -0.39 is 0 Å². The number of thioether (sulfide) groups is 1. The summed E-state index contributed by atoms with van der Waals surface area (Å²) in [6, 6.07) is 2.35. The summed E-state index contributed by atoms with van der Waals surface area (Å²) in [6.07, 6.45) is 0. The maximum Gasteiger partial charge on any atom is 0.128 e. The van der Waals surface area contributed by atoms with E-state index in [0.29, 0.717) is 16.9 Å². The highest BCUT2D eigenvalue weighted by molar-refractivity contribution is 7.99. The van der Waals surface area contributed by atoms with E-state index in [9.17, 15) is 8.78 Å². The van der Waals surface area contributed by atoms with Crippen molar-refractivity contribution in [3.8, 4) is 0 Å². The van der Waals surface area contributed by atoms with Gasteiger partial charge in [0.15, 0.2) is 0 Å². The molecule has 1 aromatic carbocycles. The van der Waals surface area contributed by atoms with Gasteiger partial charge in [-0.3, -0.25) is 0 Å². The van der Waals surface area contributed by atoms with E-state index in [-0.39, 0.29) is 22.9 Å². The van der Waals surface area contributed by atoms with E-state index in [4.69, 9.17) is 0 Å². The lowest BCUT2D eigenvalue weighted by atomic mass is 9.97. The molecule has 0 aliphatic carbocycles. The largest absolute Gasteiger partial charge is 0.309 e. The Hall–Kier alpha value is -0.610. The molecule has 1 aliphatic rings. The number of hydrogen-bond donors (Lipinski definition) is 1. The van der Waals surface area contributed by atoms with Crippen molar-refractivity contribution in [2.24, 2.45) is 0 Å². The van der Waals surface area contributed by atoms with Crippen LogP contribution in [0.4, 0.5) is 8.78 Å². The molecule has 0 fully saturated rings. The molecule has 0 saturated heterocycles. The van der Waals surface area contributed by atoms with Gasteiger partial charge in [-0.15, -0.1) is 0 Å². The van der Waals surface area contributed by atoms with Crippen LogP contribution >= 0.6 is 11.8 Å². The minimum absolute atomic E-state index is 0.0885. The summed E-state index contributed by atoms with van der Waals surface area (Å²) in [4.78, 5) is 0. The predicted octanol–water partition coefficient (Wildman–Crippen LogP) is 3.25. The fourth-order valence-corrected chi connectivity index (χ4v) is 3.27. The third kappa shape index (κ3) is 1.96. The van der Waals surface area contributed by atoms with Crippen molar-refractivity contribution in [2.75, 3.05) is 6.54 Å². The first kappa shape index (κ1) is 11.9. The molecule has 88 valence electrons. The van der Waals surface area contributed by atoms with Gasteiger partial charge in [-0.05, 0) is 18.7 Å². The maximum absolute atomic E-state index is 13.8. The molecule has 0 bridgehead atoms. The van der Waals surface area contributed by atoms with Gasteiger partial charge in [0.05, 0.1) is 0 Å². The number of benzene rings is 1. The molecule has 16 heavy (non-hydrogen) atoms. The van der Waals surface area contributed by atoms with Crippen molar-refractivity contribution in [3.63, 3.8) is 0 Å². The van der Waals surface area contributed by atoms with Crippen LogP contribution in [0.25, 0.3) is 0 Å². The molecular formula is C12H15F2NS. The third-order valence-electron chi connectivity index (χ3n) is 2.94. The van der Waals surface area contributed by atoms with Gasteiger partial charge in [-0.1, -0.05) is 13.8 Å². The molecule has 1 nitrogen and oxygen atoms in total. The third-order valence-corrected chi connectivity index (χ3v) is 4.20. The van der Waals surface area contributed by atoms with Gasteiger partial charge < -0.3 is 5.32 Å². The topological polar surface area (TPSA) is 12.0 Å². The summed E-state index contributed by atoms with van der Waals surface area (Å²) in [5.74, 6) is -0.0321. The number of rotatable bonds is 2. The smallest absolute Gasteiger partial charge is 0.128 e. The summed E-state index contributed by atoms with van der Waals surface area (Å²) < 4.78 is 27.4. The van der Waals surface area contributed by atoms with Crippen molar-refractivity contribution >= 4 is 11.8 Å². The summed E-state index contributed by atoms with van der Waals surface area (Å²) in [7, 11) is 0. The summed E-state index contributed by atoms with van der Waals surface area (Å²) >= 11 is 1.66. The van der Waals surface area contributed by atoms with Crippen LogP contribution in [0.3, 0.4) is 0 Å².